The molecule has 0 spiro atoms. The number of para-hydroxylation sites is 1. The minimum Gasteiger partial charge on any atom is -0.309 e. The van der Waals surface area contributed by atoms with Crippen molar-refractivity contribution in [3.8, 4) is 61.3 Å². The first-order valence-electron chi connectivity index (χ1n) is 22.8. The molecule has 11 aromatic carbocycles. The monoisotopic (exact) mass is 838 g/mol. The summed E-state index contributed by atoms with van der Waals surface area (Å²) in [6.07, 6.45) is 3.97. The van der Waals surface area contributed by atoms with E-state index in [1.165, 1.54) is 121 Å². The second-order valence-corrected chi connectivity index (χ2v) is 17.6. The Balaban J connectivity index is 0.832. The number of fused-ring (bicyclic) bond motifs is 7. The van der Waals surface area contributed by atoms with Crippen molar-refractivity contribution in [1.29, 1.82) is 0 Å². The fourth-order valence-electron chi connectivity index (χ4n) is 10.5. The van der Waals surface area contributed by atoms with Crippen LogP contribution in [0.3, 0.4) is 0 Å². The third-order valence-electron chi connectivity index (χ3n) is 13.7. The second kappa shape index (κ2) is 15.3. The van der Waals surface area contributed by atoms with Gasteiger partial charge in [0, 0.05) is 28.9 Å². The van der Waals surface area contributed by atoms with Crippen LogP contribution in [0.5, 0.6) is 0 Å². The Hall–Kier alpha value is -8.59. The van der Waals surface area contributed by atoms with Gasteiger partial charge in [-0.05, 0) is 154 Å². The summed E-state index contributed by atoms with van der Waals surface area (Å²) in [5, 5.41) is 12.4. The van der Waals surface area contributed by atoms with E-state index in [9.17, 15) is 0 Å². The number of benzene rings is 11. The standard InChI is InChI=1S/C64H42N2/c1-41-39-65-40-60-59-38-53(33-34-61(59)66(64(41)60)54-13-3-2-4-14-54)52-32-31-50-36-49(29-30-51(50)37-52)44-21-26-46(27-22-44)63-57-17-9-7-15-55(57)62(56-16-8-10-18-58(56)63)45-24-19-43(20-25-45)48-28-23-42-11-5-6-12-47(42)35-48/h2-40H,1H3. The van der Waals surface area contributed by atoms with E-state index < -0.39 is 0 Å². The minimum absolute atomic E-state index is 1.16. The zero-order chi connectivity index (χ0) is 43.7. The first kappa shape index (κ1) is 37.9. The fraction of sp³-hybridized carbons (Fsp3) is 0.0156. The van der Waals surface area contributed by atoms with Crippen molar-refractivity contribution in [2.24, 2.45) is 0 Å². The molecule has 0 fully saturated rings. The maximum absolute atomic E-state index is 4.61. The molecule has 0 aliphatic carbocycles. The van der Waals surface area contributed by atoms with Crippen LogP contribution in [0.2, 0.25) is 0 Å². The highest BCUT2D eigenvalue weighted by Crippen LogP contribution is 2.45. The molecule has 0 atom stereocenters. The average Bonchev–Trinajstić information content (AvgIpc) is 3.72. The highest BCUT2D eigenvalue weighted by molar-refractivity contribution is 6.21. The van der Waals surface area contributed by atoms with Crippen molar-refractivity contribution in [1.82, 2.24) is 9.55 Å². The normalized spacial score (nSPS) is 11.7. The van der Waals surface area contributed by atoms with Gasteiger partial charge < -0.3 is 4.57 Å². The third-order valence-corrected chi connectivity index (χ3v) is 13.7. The summed E-state index contributed by atoms with van der Waals surface area (Å²) in [6.45, 7) is 2.15. The van der Waals surface area contributed by atoms with Crippen molar-refractivity contribution in [3.63, 3.8) is 0 Å². The first-order valence-corrected chi connectivity index (χ1v) is 22.8. The van der Waals surface area contributed by atoms with Crippen molar-refractivity contribution in [3.05, 3.63) is 242 Å². The lowest BCUT2D eigenvalue weighted by molar-refractivity contribution is 1.16. The lowest BCUT2D eigenvalue weighted by Gasteiger charge is -2.18. The Morgan fingerprint density at radius 1 is 0.303 bits per heavy atom. The van der Waals surface area contributed by atoms with Crippen LogP contribution in [0.25, 0.3) is 126 Å². The van der Waals surface area contributed by atoms with Crippen LogP contribution in [-0.2, 0) is 0 Å². The molecule has 0 radical (unpaired) electrons. The molecule has 0 N–H and O–H groups in total. The molecule has 66 heavy (non-hydrogen) atoms. The molecular weight excluding hydrogens is 797 g/mol. The van der Waals surface area contributed by atoms with Crippen LogP contribution in [0.1, 0.15) is 5.56 Å². The Morgan fingerprint density at radius 3 is 1.27 bits per heavy atom. The largest absolute Gasteiger partial charge is 0.309 e. The van der Waals surface area contributed by atoms with Crippen LogP contribution >= 0.6 is 0 Å². The SMILES string of the molecule is Cc1cncc2c3cc(-c4ccc5cc(-c6ccc(-c7c8ccccc8c(-c8ccc(-c9ccc%10ccccc%10c9)cc8)c8ccccc78)cc6)ccc5c4)ccc3n(-c3ccccc3)c12. The number of aryl methyl sites for hydroxylation is 1. The van der Waals surface area contributed by atoms with Crippen LogP contribution in [-0.4, -0.2) is 9.55 Å². The summed E-state index contributed by atoms with van der Waals surface area (Å²) in [4.78, 5) is 4.61. The summed E-state index contributed by atoms with van der Waals surface area (Å²) >= 11 is 0. The van der Waals surface area contributed by atoms with E-state index in [0.717, 1.165) is 11.3 Å². The molecule has 0 bridgehead atoms. The molecule has 0 saturated carbocycles. The maximum Gasteiger partial charge on any atom is 0.0601 e. The van der Waals surface area contributed by atoms with E-state index in [4.69, 9.17) is 0 Å². The Bertz CT molecular complexity index is 3970. The molecule has 0 amide bonds. The Labute approximate surface area is 383 Å². The predicted octanol–water partition coefficient (Wildman–Crippen LogP) is 17.4. The first-order chi connectivity index (χ1) is 32.6. The quantitative estimate of drug-likeness (QED) is 0.153. The Kier molecular flexibility index (Phi) is 8.79. The highest BCUT2D eigenvalue weighted by atomic mass is 15.0. The number of nitrogens with zero attached hydrogens (tertiary/aromatic N) is 2. The number of rotatable bonds is 6. The topological polar surface area (TPSA) is 17.8 Å². The van der Waals surface area contributed by atoms with Crippen LogP contribution in [0.15, 0.2) is 237 Å². The molecule has 0 aliphatic rings. The molecule has 0 saturated heterocycles. The number of hydrogen-bond donors (Lipinski definition) is 0. The van der Waals surface area contributed by atoms with E-state index in [1.54, 1.807) is 0 Å². The number of hydrogen-bond acceptors (Lipinski definition) is 1. The number of aromatic nitrogens is 2. The number of pyridine rings is 1. The van der Waals surface area contributed by atoms with Gasteiger partial charge in [0.25, 0.3) is 0 Å². The van der Waals surface area contributed by atoms with Gasteiger partial charge in [0.2, 0.25) is 0 Å². The average molecular weight is 839 g/mol. The van der Waals surface area contributed by atoms with Gasteiger partial charge in [0.15, 0.2) is 0 Å². The summed E-state index contributed by atoms with van der Waals surface area (Å²) in [5.41, 5.74) is 16.9. The van der Waals surface area contributed by atoms with Gasteiger partial charge >= 0.3 is 0 Å². The van der Waals surface area contributed by atoms with Crippen molar-refractivity contribution >= 4 is 64.9 Å². The molecule has 13 rings (SSSR count). The molecule has 0 aliphatic heterocycles. The molecule has 2 heteroatoms. The maximum atomic E-state index is 4.61. The Morgan fingerprint density at radius 2 is 0.712 bits per heavy atom. The van der Waals surface area contributed by atoms with E-state index in [1.807, 2.05) is 12.4 Å². The van der Waals surface area contributed by atoms with Crippen molar-refractivity contribution < 1.29 is 0 Å². The van der Waals surface area contributed by atoms with E-state index >= 15 is 0 Å². The van der Waals surface area contributed by atoms with Gasteiger partial charge in [-0.25, -0.2) is 0 Å². The smallest absolute Gasteiger partial charge is 0.0601 e. The zero-order valence-electron chi connectivity index (χ0n) is 36.4. The van der Waals surface area contributed by atoms with E-state index in [-0.39, 0.29) is 0 Å². The van der Waals surface area contributed by atoms with E-state index in [2.05, 4.69) is 241 Å². The summed E-state index contributed by atoms with van der Waals surface area (Å²) in [5.74, 6) is 0. The van der Waals surface area contributed by atoms with Gasteiger partial charge in [0.1, 0.15) is 0 Å². The van der Waals surface area contributed by atoms with Crippen molar-refractivity contribution in [2.45, 2.75) is 6.92 Å². The third kappa shape index (κ3) is 6.22. The zero-order valence-corrected chi connectivity index (χ0v) is 36.4. The lowest BCUT2D eigenvalue weighted by atomic mass is 9.85. The summed E-state index contributed by atoms with van der Waals surface area (Å²) < 4.78 is 2.37. The predicted molar refractivity (Wildman–Crippen MR) is 281 cm³/mol. The highest BCUT2D eigenvalue weighted by Gasteiger charge is 2.18. The van der Waals surface area contributed by atoms with E-state index in [0.29, 0.717) is 0 Å². The van der Waals surface area contributed by atoms with Crippen LogP contribution in [0.4, 0.5) is 0 Å². The van der Waals surface area contributed by atoms with Gasteiger partial charge in [-0.1, -0.05) is 182 Å². The second-order valence-electron chi connectivity index (χ2n) is 17.6. The van der Waals surface area contributed by atoms with Crippen molar-refractivity contribution in [2.75, 3.05) is 0 Å². The fourth-order valence-corrected chi connectivity index (χ4v) is 10.5. The molecule has 0 unspecified atom stereocenters. The van der Waals surface area contributed by atoms with Gasteiger partial charge in [-0.3, -0.25) is 4.98 Å². The summed E-state index contributed by atoms with van der Waals surface area (Å²) in [7, 11) is 0. The lowest BCUT2D eigenvalue weighted by Crippen LogP contribution is -1.95. The molecule has 13 aromatic rings. The molecule has 2 nitrogen and oxygen atoms in total. The van der Waals surface area contributed by atoms with Gasteiger partial charge in [0.05, 0.1) is 11.0 Å². The summed E-state index contributed by atoms with van der Waals surface area (Å²) in [6, 6.07) is 82.6. The minimum atomic E-state index is 1.16. The van der Waals surface area contributed by atoms with Crippen LogP contribution in [0, 0.1) is 6.92 Å². The van der Waals surface area contributed by atoms with Gasteiger partial charge in [-0.15, -0.1) is 0 Å². The van der Waals surface area contributed by atoms with Gasteiger partial charge in [-0.2, -0.15) is 0 Å². The molecule has 308 valence electrons. The molecular formula is C64H42N2. The molecule has 2 heterocycles. The molecule has 2 aromatic heterocycles. The van der Waals surface area contributed by atoms with Crippen LogP contribution < -0.4 is 0 Å².